The minimum absolute atomic E-state index is 0.0171. The number of amides is 2. The largest absolute Gasteiger partial charge is 0.367 e. The molecule has 0 saturated carbocycles. The van der Waals surface area contributed by atoms with E-state index < -0.39 is 5.60 Å². The van der Waals surface area contributed by atoms with Crippen LogP contribution in [0, 0.1) is 11.6 Å². The Bertz CT molecular complexity index is 1940. The van der Waals surface area contributed by atoms with Crippen LogP contribution < -0.4 is 5.32 Å². The lowest BCUT2D eigenvalue weighted by molar-refractivity contribution is -0.138. The Kier molecular flexibility index (Phi) is 8.67. The van der Waals surface area contributed by atoms with Crippen LogP contribution in [0.25, 0.3) is 33.5 Å². The number of ether oxygens (including phenoxy) is 1. The van der Waals surface area contributed by atoms with Crippen molar-refractivity contribution in [2.45, 2.75) is 30.8 Å². The lowest BCUT2D eigenvalue weighted by Crippen LogP contribution is -2.48. The van der Waals surface area contributed by atoms with Crippen LogP contribution in [0.5, 0.6) is 0 Å². The molecule has 48 heavy (non-hydrogen) atoms. The van der Waals surface area contributed by atoms with Gasteiger partial charge in [-0.25, -0.2) is 18.7 Å². The molecule has 1 atom stereocenters. The smallest absolute Gasteiger partial charge is 0.258 e. The highest BCUT2D eigenvalue weighted by Crippen LogP contribution is 2.33. The quantitative estimate of drug-likeness (QED) is 0.231. The normalized spacial score (nSPS) is 18.8. The topological polar surface area (TPSA) is 116 Å². The van der Waals surface area contributed by atoms with E-state index in [1.165, 1.54) is 25.3 Å². The SMILES string of the molecule is COC1(C(=O)Nc2ccc3[nH]nc(-c4ccc(F)cc4)c3c2)CCN(CC(=O)N2CCC(c3ccc(-c4ncccn4)cc3F)CC2)C1. The number of rotatable bonds is 8. The molecule has 12 heteroatoms. The zero-order valence-corrected chi connectivity index (χ0v) is 26.5. The van der Waals surface area contributed by atoms with Crippen molar-refractivity contribution in [3.05, 3.63) is 96.3 Å². The van der Waals surface area contributed by atoms with Gasteiger partial charge in [-0.2, -0.15) is 5.10 Å². The van der Waals surface area contributed by atoms with Crippen molar-refractivity contribution in [1.82, 2.24) is 30.0 Å². The number of anilines is 1. The number of hydrogen-bond acceptors (Lipinski definition) is 7. The monoisotopic (exact) mass is 651 g/mol. The van der Waals surface area contributed by atoms with E-state index >= 15 is 4.39 Å². The molecule has 0 bridgehead atoms. The van der Waals surface area contributed by atoms with Gasteiger partial charge in [-0.05, 0) is 85.3 Å². The Hall–Kier alpha value is -5.07. The average Bonchev–Trinajstić information content (AvgIpc) is 3.74. The minimum Gasteiger partial charge on any atom is -0.367 e. The first-order valence-corrected chi connectivity index (χ1v) is 16.0. The van der Waals surface area contributed by atoms with Crippen LogP contribution in [0.4, 0.5) is 14.5 Å². The Labute approximate surface area is 276 Å². The summed E-state index contributed by atoms with van der Waals surface area (Å²) < 4.78 is 34.4. The Balaban J connectivity index is 0.947. The molecule has 0 aliphatic carbocycles. The van der Waals surface area contributed by atoms with E-state index in [2.05, 4.69) is 25.5 Å². The van der Waals surface area contributed by atoms with Gasteiger partial charge < -0.3 is 15.0 Å². The van der Waals surface area contributed by atoms with E-state index in [9.17, 15) is 14.0 Å². The van der Waals surface area contributed by atoms with Gasteiger partial charge >= 0.3 is 0 Å². The Morgan fingerprint density at radius 2 is 1.73 bits per heavy atom. The van der Waals surface area contributed by atoms with Gasteiger partial charge in [0.2, 0.25) is 5.91 Å². The third-order valence-corrected chi connectivity index (χ3v) is 9.52. The average molecular weight is 652 g/mol. The number of hydrogen-bond donors (Lipinski definition) is 2. The van der Waals surface area contributed by atoms with Crippen molar-refractivity contribution in [2.24, 2.45) is 0 Å². The number of piperidine rings is 1. The number of likely N-dealkylation sites (tertiary alicyclic amines) is 2. The summed E-state index contributed by atoms with van der Waals surface area (Å²) in [5.41, 5.74) is 2.92. The van der Waals surface area contributed by atoms with Crippen molar-refractivity contribution in [3.63, 3.8) is 0 Å². The summed E-state index contributed by atoms with van der Waals surface area (Å²) in [6, 6.07) is 18.4. The maximum absolute atomic E-state index is 15.1. The van der Waals surface area contributed by atoms with Crippen LogP contribution in [-0.2, 0) is 14.3 Å². The van der Waals surface area contributed by atoms with Crippen molar-refractivity contribution in [1.29, 1.82) is 0 Å². The summed E-state index contributed by atoms with van der Waals surface area (Å²) in [5.74, 6) is -0.426. The summed E-state index contributed by atoms with van der Waals surface area (Å²) in [5, 5.41) is 11.2. The number of aromatic amines is 1. The summed E-state index contributed by atoms with van der Waals surface area (Å²) >= 11 is 0. The van der Waals surface area contributed by atoms with Crippen molar-refractivity contribution in [2.75, 3.05) is 45.2 Å². The second kappa shape index (κ2) is 13.2. The number of halogens is 2. The lowest BCUT2D eigenvalue weighted by atomic mass is 9.88. The molecule has 5 aromatic rings. The summed E-state index contributed by atoms with van der Waals surface area (Å²) in [6.45, 7) is 2.04. The Morgan fingerprint density at radius 1 is 0.979 bits per heavy atom. The van der Waals surface area contributed by atoms with Crippen LogP contribution in [-0.4, -0.2) is 87.2 Å². The molecule has 10 nitrogen and oxygen atoms in total. The predicted octanol–water partition coefficient (Wildman–Crippen LogP) is 5.40. The highest BCUT2D eigenvalue weighted by Gasteiger charge is 2.45. The molecule has 2 aliphatic rings. The summed E-state index contributed by atoms with van der Waals surface area (Å²) in [7, 11) is 1.51. The van der Waals surface area contributed by atoms with Crippen molar-refractivity contribution >= 4 is 28.4 Å². The van der Waals surface area contributed by atoms with Gasteiger partial charge in [0.15, 0.2) is 11.4 Å². The molecule has 2 fully saturated rings. The molecular weight excluding hydrogens is 616 g/mol. The van der Waals surface area contributed by atoms with Gasteiger partial charge in [-0.3, -0.25) is 19.6 Å². The van der Waals surface area contributed by atoms with Crippen LogP contribution in [0.15, 0.2) is 79.1 Å². The molecule has 2 amide bonds. The molecule has 3 aromatic carbocycles. The number of fused-ring (bicyclic) bond motifs is 1. The second-order valence-electron chi connectivity index (χ2n) is 12.4. The zero-order valence-electron chi connectivity index (χ0n) is 26.5. The van der Waals surface area contributed by atoms with Crippen LogP contribution in [0.1, 0.15) is 30.7 Å². The first kappa shape index (κ1) is 31.5. The number of aromatic nitrogens is 4. The van der Waals surface area contributed by atoms with E-state index in [-0.39, 0.29) is 42.5 Å². The molecule has 1 unspecified atom stereocenters. The molecule has 4 heterocycles. The molecule has 2 aromatic heterocycles. The van der Waals surface area contributed by atoms with Gasteiger partial charge in [0.25, 0.3) is 5.91 Å². The summed E-state index contributed by atoms with van der Waals surface area (Å²) in [4.78, 5) is 39.1. The third-order valence-electron chi connectivity index (χ3n) is 9.52. The maximum Gasteiger partial charge on any atom is 0.258 e. The molecular formula is C36H35F2N7O3. The van der Waals surface area contributed by atoms with E-state index in [0.29, 0.717) is 67.2 Å². The minimum atomic E-state index is -1.12. The van der Waals surface area contributed by atoms with Crippen molar-refractivity contribution < 1.29 is 23.1 Å². The molecule has 2 aliphatic heterocycles. The van der Waals surface area contributed by atoms with Crippen LogP contribution in [0.2, 0.25) is 0 Å². The molecule has 246 valence electrons. The zero-order chi connectivity index (χ0) is 33.3. The fraction of sp³-hybridized carbons (Fsp3) is 0.306. The van der Waals surface area contributed by atoms with Crippen LogP contribution in [0.3, 0.4) is 0 Å². The number of benzene rings is 3. The van der Waals surface area contributed by atoms with Gasteiger partial charge in [-0.1, -0.05) is 12.1 Å². The first-order chi connectivity index (χ1) is 23.3. The van der Waals surface area contributed by atoms with E-state index in [1.807, 2.05) is 28.0 Å². The number of carbonyl (C=O) groups excluding carboxylic acids is 2. The van der Waals surface area contributed by atoms with Gasteiger partial charge in [0.05, 0.1) is 17.8 Å². The number of nitrogens with zero attached hydrogens (tertiary/aromatic N) is 5. The van der Waals surface area contributed by atoms with Crippen molar-refractivity contribution in [3.8, 4) is 22.6 Å². The molecule has 2 saturated heterocycles. The lowest BCUT2D eigenvalue weighted by Gasteiger charge is -2.33. The highest BCUT2D eigenvalue weighted by atomic mass is 19.1. The maximum atomic E-state index is 15.1. The molecule has 7 rings (SSSR count). The van der Waals surface area contributed by atoms with E-state index in [1.54, 1.807) is 42.7 Å². The van der Waals surface area contributed by atoms with Crippen LogP contribution >= 0.6 is 0 Å². The number of nitrogens with one attached hydrogen (secondary N) is 2. The first-order valence-electron chi connectivity index (χ1n) is 16.0. The predicted molar refractivity (Wildman–Crippen MR) is 177 cm³/mol. The fourth-order valence-electron chi connectivity index (χ4n) is 6.78. The fourth-order valence-corrected chi connectivity index (χ4v) is 6.78. The van der Waals surface area contributed by atoms with Gasteiger partial charge in [0.1, 0.15) is 11.6 Å². The van der Waals surface area contributed by atoms with Gasteiger partial charge in [0, 0.05) is 67.9 Å². The standard InChI is InChI=1S/C36H35F2N7O3/c1-48-36(35(47)41-27-8-10-31-29(20-27)33(43-42-31)24-3-6-26(37)7-4-24)13-18-44(22-36)21-32(46)45-16-11-23(12-17-45)28-9-5-25(19-30(28)38)34-39-14-2-15-40-34/h2-10,14-15,19-20,23H,11-13,16-18,21-22H2,1H3,(H,41,47)(H,42,43). The molecule has 0 spiro atoms. The third kappa shape index (κ3) is 6.28. The van der Waals surface area contributed by atoms with E-state index in [0.717, 1.165) is 16.5 Å². The second-order valence-corrected chi connectivity index (χ2v) is 12.4. The van der Waals surface area contributed by atoms with Gasteiger partial charge in [-0.15, -0.1) is 0 Å². The molecule has 2 N–H and O–H groups in total. The highest BCUT2D eigenvalue weighted by molar-refractivity contribution is 6.01. The summed E-state index contributed by atoms with van der Waals surface area (Å²) in [6.07, 6.45) is 5.02. The Morgan fingerprint density at radius 3 is 2.46 bits per heavy atom. The number of carbonyl (C=O) groups is 2. The number of methoxy groups -OCH3 is 1. The number of H-pyrrole nitrogens is 1. The molecule has 0 radical (unpaired) electrons. The van der Waals surface area contributed by atoms with E-state index in [4.69, 9.17) is 4.74 Å².